The highest BCUT2D eigenvalue weighted by Crippen LogP contribution is 2.23. The zero-order valence-corrected chi connectivity index (χ0v) is 17.5. The fourth-order valence-corrected chi connectivity index (χ4v) is 3.68. The van der Waals surface area contributed by atoms with E-state index in [1.165, 1.54) is 77.0 Å². The van der Waals surface area contributed by atoms with Crippen molar-refractivity contribution in [1.82, 2.24) is 5.43 Å². The van der Waals surface area contributed by atoms with Crippen LogP contribution in [-0.4, -0.2) is 19.6 Å². The molecule has 27 heavy (non-hydrogen) atoms. The van der Waals surface area contributed by atoms with Crippen LogP contribution in [0.4, 0.5) is 5.69 Å². The van der Waals surface area contributed by atoms with Gasteiger partial charge in [-0.05, 0) is 18.6 Å². The molecule has 1 aromatic rings. The first-order chi connectivity index (χ1) is 13.3. The number of nitrogens with one attached hydrogen (secondary N) is 1. The Kier molecular flexibility index (Phi) is 10.8. The Hall–Kier alpha value is -1.71. The van der Waals surface area contributed by atoms with Crippen LogP contribution in [0, 0.1) is 0 Å². The summed E-state index contributed by atoms with van der Waals surface area (Å²) in [5.41, 5.74) is 4.27. The Morgan fingerprint density at radius 3 is 2.19 bits per heavy atom. The second-order valence-corrected chi connectivity index (χ2v) is 7.61. The zero-order chi connectivity index (χ0) is 19.2. The van der Waals surface area contributed by atoms with Crippen LogP contribution in [0.2, 0.25) is 0 Å². The largest absolute Gasteiger partial charge is 0.497 e. The number of methoxy groups -OCH3 is 1. The highest BCUT2D eigenvalue weighted by molar-refractivity contribution is 5.98. The third-order valence-corrected chi connectivity index (χ3v) is 5.37. The Labute approximate surface area is 166 Å². The Morgan fingerprint density at radius 1 is 0.926 bits per heavy atom. The number of nitrogens with zero attached hydrogens (tertiary/aromatic N) is 2. The van der Waals surface area contributed by atoms with Gasteiger partial charge in [0, 0.05) is 18.2 Å². The van der Waals surface area contributed by atoms with E-state index in [0.29, 0.717) is 0 Å². The Balaban J connectivity index is 1.52. The molecule has 0 aliphatic carbocycles. The third kappa shape index (κ3) is 8.23. The first-order valence-electron chi connectivity index (χ1n) is 11.1. The minimum atomic E-state index is 0.751. The van der Waals surface area contributed by atoms with Gasteiger partial charge in [0.05, 0.1) is 7.11 Å². The number of anilines is 1. The van der Waals surface area contributed by atoms with Crippen molar-refractivity contribution in [1.29, 1.82) is 0 Å². The van der Waals surface area contributed by atoms with Crippen LogP contribution in [0.25, 0.3) is 0 Å². The predicted molar refractivity (Wildman–Crippen MR) is 117 cm³/mol. The molecule has 2 rings (SSSR count). The lowest BCUT2D eigenvalue weighted by molar-refractivity contribution is 0.415. The van der Waals surface area contributed by atoms with Gasteiger partial charge in [-0.1, -0.05) is 83.6 Å². The van der Waals surface area contributed by atoms with Crippen LogP contribution in [0.1, 0.15) is 90.4 Å². The molecule has 1 aliphatic heterocycles. The van der Waals surface area contributed by atoms with Gasteiger partial charge in [-0.3, -0.25) is 5.43 Å². The van der Waals surface area contributed by atoms with E-state index < -0.39 is 0 Å². The lowest BCUT2D eigenvalue weighted by Crippen LogP contribution is -2.29. The van der Waals surface area contributed by atoms with Crippen molar-refractivity contribution >= 4 is 11.5 Å². The minimum absolute atomic E-state index is 0.751. The van der Waals surface area contributed by atoms with Gasteiger partial charge in [0.15, 0.2) is 0 Å². The Bertz CT molecular complexity index is 544. The standard InChI is InChI=1S/C23H39N3O/c1-3-4-5-6-7-8-9-10-11-12-13-14-18-23-25-24-20-26(23)21-16-15-17-22(19-21)27-2/h15-17,19,24H,3-14,18,20H2,1-2H3. The summed E-state index contributed by atoms with van der Waals surface area (Å²) in [6.07, 6.45) is 17.6. The van der Waals surface area contributed by atoms with Gasteiger partial charge >= 0.3 is 0 Å². The van der Waals surface area contributed by atoms with E-state index >= 15 is 0 Å². The molecule has 0 spiro atoms. The van der Waals surface area contributed by atoms with Crippen molar-refractivity contribution in [2.75, 3.05) is 18.7 Å². The molecule has 1 heterocycles. The normalized spacial score (nSPS) is 13.6. The highest BCUT2D eigenvalue weighted by atomic mass is 16.5. The van der Waals surface area contributed by atoms with E-state index in [-0.39, 0.29) is 0 Å². The molecule has 4 nitrogen and oxygen atoms in total. The number of amidine groups is 1. The molecule has 0 unspecified atom stereocenters. The van der Waals surface area contributed by atoms with Crippen molar-refractivity contribution in [2.45, 2.75) is 90.4 Å². The summed E-state index contributed by atoms with van der Waals surface area (Å²) in [6, 6.07) is 8.21. The lowest BCUT2D eigenvalue weighted by atomic mass is 10.0. The molecule has 0 amide bonds. The summed E-state index contributed by atoms with van der Waals surface area (Å²) >= 11 is 0. The third-order valence-electron chi connectivity index (χ3n) is 5.37. The maximum atomic E-state index is 5.34. The molecule has 0 bridgehead atoms. The quantitative estimate of drug-likeness (QED) is 0.358. The molecule has 1 aromatic carbocycles. The van der Waals surface area contributed by atoms with Crippen LogP contribution >= 0.6 is 0 Å². The van der Waals surface area contributed by atoms with Crippen molar-refractivity contribution in [3.05, 3.63) is 24.3 Å². The van der Waals surface area contributed by atoms with E-state index in [1.54, 1.807) is 7.11 Å². The van der Waals surface area contributed by atoms with E-state index in [1.807, 2.05) is 12.1 Å². The fourth-order valence-electron chi connectivity index (χ4n) is 3.68. The number of hydrogen-bond acceptors (Lipinski definition) is 4. The van der Waals surface area contributed by atoms with Gasteiger partial charge in [-0.15, -0.1) is 0 Å². The molecule has 0 fully saturated rings. The number of rotatable bonds is 15. The molecule has 1 N–H and O–H groups in total. The molecule has 0 radical (unpaired) electrons. The highest BCUT2D eigenvalue weighted by Gasteiger charge is 2.18. The molecule has 0 saturated carbocycles. The molecule has 0 saturated heterocycles. The van der Waals surface area contributed by atoms with Crippen LogP contribution in [-0.2, 0) is 0 Å². The van der Waals surface area contributed by atoms with Crippen LogP contribution in [0.5, 0.6) is 5.75 Å². The topological polar surface area (TPSA) is 36.9 Å². The first kappa shape index (κ1) is 21.6. The lowest BCUT2D eigenvalue weighted by Gasteiger charge is -2.19. The average molecular weight is 374 g/mol. The van der Waals surface area contributed by atoms with Crippen molar-refractivity contribution in [3.63, 3.8) is 0 Å². The minimum Gasteiger partial charge on any atom is -0.497 e. The zero-order valence-electron chi connectivity index (χ0n) is 17.5. The molecule has 152 valence electrons. The SMILES string of the molecule is CCCCCCCCCCCCCCC1=NNCN1c1cccc(OC)c1. The number of unbranched alkanes of at least 4 members (excludes halogenated alkanes) is 11. The van der Waals surface area contributed by atoms with Crippen molar-refractivity contribution < 1.29 is 4.74 Å². The van der Waals surface area contributed by atoms with Gasteiger partial charge in [0.2, 0.25) is 0 Å². The van der Waals surface area contributed by atoms with Crippen LogP contribution in [0.15, 0.2) is 29.4 Å². The maximum absolute atomic E-state index is 5.34. The van der Waals surface area contributed by atoms with Gasteiger partial charge in [-0.2, -0.15) is 5.10 Å². The van der Waals surface area contributed by atoms with Gasteiger partial charge in [-0.25, -0.2) is 0 Å². The summed E-state index contributed by atoms with van der Waals surface area (Å²) < 4.78 is 5.34. The summed E-state index contributed by atoms with van der Waals surface area (Å²) in [7, 11) is 1.71. The van der Waals surface area contributed by atoms with E-state index in [2.05, 4.69) is 34.5 Å². The van der Waals surface area contributed by atoms with E-state index in [4.69, 9.17) is 4.74 Å². The van der Waals surface area contributed by atoms with Gasteiger partial charge < -0.3 is 9.64 Å². The van der Waals surface area contributed by atoms with Crippen molar-refractivity contribution in [2.24, 2.45) is 5.10 Å². The average Bonchev–Trinajstić information content (AvgIpc) is 3.17. The predicted octanol–water partition coefficient (Wildman–Crippen LogP) is 6.47. The first-order valence-corrected chi connectivity index (χ1v) is 11.1. The number of hydrazone groups is 1. The number of hydrogen-bond donors (Lipinski definition) is 1. The maximum Gasteiger partial charge on any atom is 0.130 e. The monoisotopic (exact) mass is 373 g/mol. The second kappa shape index (κ2) is 13.5. The smallest absolute Gasteiger partial charge is 0.130 e. The molecular weight excluding hydrogens is 334 g/mol. The number of ether oxygens (including phenoxy) is 1. The summed E-state index contributed by atoms with van der Waals surface area (Å²) in [5.74, 6) is 2.04. The second-order valence-electron chi connectivity index (χ2n) is 7.61. The Morgan fingerprint density at radius 2 is 1.56 bits per heavy atom. The molecule has 0 atom stereocenters. The summed E-state index contributed by atoms with van der Waals surface area (Å²) in [4.78, 5) is 2.25. The summed E-state index contributed by atoms with van der Waals surface area (Å²) in [5, 5.41) is 4.49. The number of benzene rings is 1. The van der Waals surface area contributed by atoms with Crippen LogP contribution < -0.4 is 15.1 Å². The summed E-state index contributed by atoms with van der Waals surface area (Å²) in [6.45, 7) is 3.03. The molecule has 4 heteroatoms. The van der Waals surface area contributed by atoms with E-state index in [0.717, 1.165) is 30.4 Å². The van der Waals surface area contributed by atoms with E-state index in [9.17, 15) is 0 Å². The van der Waals surface area contributed by atoms with Gasteiger partial charge in [0.1, 0.15) is 18.3 Å². The van der Waals surface area contributed by atoms with Gasteiger partial charge in [0.25, 0.3) is 0 Å². The molecule has 0 aromatic heterocycles. The fraction of sp³-hybridized carbons (Fsp3) is 0.696. The van der Waals surface area contributed by atoms with Crippen molar-refractivity contribution in [3.8, 4) is 5.75 Å². The van der Waals surface area contributed by atoms with Crippen LogP contribution in [0.3, 0.4) is 0 Å². The molecule has 1 aliphatic rings. The molecular formula is C23H39N3O.